The Kier molecular flexibility index (Phi) is 4.19. The second kappa shape index (κ2) is 6.86. The molecule has 1 saturated carbocycles. The lowest BCUT2D eigenvalue weighted by Crippen LogP contribution is -2.22. The minimum absolute atomic E-state index is 0.0388. The van der Waals surface area contributed by atoms with Crippen molar-refractivity contribution in [1.82, 2.24) is 0 Å². The average Bonchev–Trinajstić information content (AvgIpc) is 3.26. The van der Waals surface area contributed by atoms with Crippen molar-refractivity contribution < 1.29 is 13.9 Å². The summed E-state index contributed by atoms with van der Waals surface area (Å²) in [6.45, 7) is 0. The highest BCUT2D eigenvalue weighted by molar-refractivity contribution is 6.26. The SMILES string of the molecule is COc1ccc(-c2oc(NC3CCCCC3)c3c2C(=O)c2ccccc2-3)cc1. The second-order valence-electron chi connectivity index (χ2n) is 7.59. The fourth-order valence-electron chi connectivity index (χ4n) is 4.42. The van der Waals surface area contributed by atoms with E-state index in [1.54, 1.807) is 7.11 Å². The molecule has 0 saturated heterocycles. The predicted octanol–water partition coefficient (Wildman–Crippen LogP) is 5.91. The fourth-order valence-corrected chi connectivity index (χ4v) is 4.42. The number of hydrogen-bond acceptors (Lipinski definition) is 4. The lowest BCUT2D eigenvalue weighted by atomic mass is 9.95. The van der Waals surface area contributed by atoms with Gasteiger partial charge in [-0.05, 0) is 42.7 Å². The highest BCUT2D eigenvalue weighted by Crippen LogP contribution is 2.48. The van der Waals surface area contributed by atoms with Crippen molar-refractivity contribution >= 4 is 11.7 Å². The van der Waals surface area contributed by atoms with Crippen LogP contribution in [-0.4, -0.2) is 18.9 Å². The molecule has 0 spiro atoms. The van der Waals surface area contributed by atoms with Crippen molar-refractivity contribution in [1.29, 1.82) is 0 Å². The molecule has 28 heavy (non-hydrogen) atoms. The van der Waals surface area contributed by atoms with E-state index in [2.05, 4.69) is 5.32 Å². The van der Waals surface area contributed by atoms with Crippen LogP contribution in [0.25, 0.3) is 22.5 Å². The lowest BCUT2D eigenvalue weighted by molar-refractivity contribution is 0.104. The summed E-state index contributed by atoms with van der Waals surface area (Å²) in [5.74, 6) is 2.18. The van der Waals surface area contributed by atoms with Gasteiger partial charge in [0.1, 0.15) is 11.5 Å². The smallest absolute Gasteiger partial charge is 0.202 e. The standard InChI is InChI=1S/C24H23NO3/c1-27-17-13-11-15(12-14-17)23-21-20(18-9-5-6-10-19(18)22(21)26)24(28-23)25-16-7-3-2-4-8-16/h5-6,9-14,16,25H,2-4,7-8H2,1H3. The van der Waals surface area contributed by atoms with Gasteiger partial charge in [0.2, 0.25) is 5.88 Å². The monoisotopic (exact) mass is 373 g/mol. The van der Waals surface area contributed by atoms with Gasteiger partial charge < -0.3 is 14.5 Å². The van der Waals surface area contributed by atoms with Gasteiger partial charge in [0, 0.05) is 17.2 Å². The number of rotatable bonds is 4. The topological polar surface area (TPSA) is 51.5 Å². The molecule has 2 aromatic carbocycles. The van der Waals surface area contributed by atoms with Crippen LogP contribution in [-0.2, 0) is 0 Å². The number of hydrogen-bond donors (Lipinski definition) is 1. The zero-order chi connectivity index (χ0) is 19.1. The van der Waals surface area contributed by atoms with Crippen molar-refractivity contribution in [3.05, 3.63) is 59.7 Å². The first-order valence-corrected chi connectivity index (χ1v) is 9.98. The number of methoxy groups -OCH3 is 1. The van der Waals surface area contributed by atoms with Gasteiger partial charge in [-0.25, -0.2) is 0 Å². The number of anilines is 1. The summed E-state index contributed by atoms with van der Waals surface area (Å²) in [6.07, 6.45) is 6.06. The van der Waals surface area contributed by atoms with E-state index in [9.17, 15) is 4.79 Å². The van der Waals surface area contributed by atoms with Crippen LogP contribution in [0.4, 0.5) is 5.88 Å². The number of benzene rings is 2. The zero-order valence-corrected chi connectivity index (χ0v) is 16.0. The van der Waals surface area contributed by atoms with Gasteiger partial charge in [-0.2, -0.15) is 0 Å². The van der Waals surface area contributed by atoms with Crippen LogP contribution in [0.3, 0.4) is 0 Å². The molecular formula is C24H23NO3. The first-order valence-electron chi connectivity index (χ1n) is 9.98. The summed E-state index contributed by atoms with van der Waals surface area (Å²) in [6, 6.07) is 15.9. The molecule has 1 aromatic heterocycles. The third-order valence-corrected chi connectivity index (χ3v) is 5.87. The maximum atomic E-state index is 13.2. The number of nitrogens with one attached hydrogen (secondary N) is 1. The summed E-state index contributed by atoms with van der Waals surface area (Å²) >= 11 is 0. The maximum absolute atomic E-state index is 13.2. The Bertz CT molecular complexity index is 1030. The van der Waals surface area contributed by atoms with Gasteiger partial charge in [-0.15, -0.1) is 0 Å². The Labute approximate surface area is 164 Å². The number of carbonyl (C=O) groups excluding carboxylic acids is 1. The van der Waals surface area contributed by atoms with E-state index in [-0.39, 0.29) is 5.78 Å². The highest BCUT2D eigenvalue weighted by atomic mass is 16.5. The maximum Gasteiger partial charge on any atom is 0.202 e. The molecule has 2 aliphatic rings. The van der Waals surface area contributed by atoms with Crippen LogP contribution in [0.5, 0.6) is 5.75 Å². The third kappa shape index (κ3) is 2.71. The zero-order valence-electron chi connectivity index (χ0n) is 16.0. The number of carbonyl (C=O) groups is 1. The quantitative estimate of drug-likeness (QED) is 0.483. The molecule has 1 fully saturated rings. The molecule has 0 aliphatic heterocycles. The minimum atomic E-state index is 0.0388. The molecule has 0 amide bonds. The molecule has 4 nitrogen and oxygen atoms in total. The van der Waals surface area contributed by atoms with Crippen LogP contribution >= 0.6 is 0 Å². The normalized spacial score (nSPS) is 16.0. The van der Waals surface area contributed by atoms with Crippen LogP contribution in [0, 0.1) is 0 Å². The molecule has 5 rings (SSSR count). The highest BCUT2D eigenvalue weighted by Gasteiger charge is 2.36. The van der Waals surface area contributed by atoms with Gasteiger partial charge in [0.25, 0.3) is 0 Å². The van der Waals surface area contributed by atoms with E-state index in [0.717, 1.165) is 46.7 Å². The van der Waals surface area contributed by atoms with Crippen molar-refractivity contribution in [2.24, 2.45) is 0 Å². The summed E-state index contributed by atoms with van der Waals surface area (Å²) in [5, 5.41) is 3.61. The summed E-state index contributed by atoms with van der Waals surface area (Å²) in [7, 11) is 1.64. The summed E-state index contributed by atoms with van der Waals surface area (Å²) in [4.78, 5) is 13.2. The molecule has 0 bridgehead atoms. The van der Waals surface area contributed by atoms with E-state index in [0.29, 0.717) is 17.4 Å². The Hall–Kier alpha value is -3.01. The first-order chi connectivity index (χ1) is 13.8. The summed E-state index contributed by atoms with van der Waals surface area (Å²) < 4.78 is 11.6. The molecule has 1 N–H and O–H groups in total. The third-order valence-electron chi connectivity index (χ3n) is 5.87. The van der Waals surface area contributed by atoms with E-state index < -0.39 is 0 Å². The van der Waals surface area contributed by atoms with Crippen LogP contribution in [0.2, 0.25) is 0 Å². The van der Waals surface area contributed by atoms with Crippen LogP contribution < -0.4 is 10.1 Å². The largest absolute Gasteiger partial charge is 0.497 e. The Balaban J connectivity index is 1.63. The first kappa shape index (κ1) is 17.1. The Morgan fingerprint density at radius 1 is 0.929 bits per heavy atom. The lowest BCUT2D eigenvalue weighted by Gasteiger charge is -2.23. The number of fused-ring (bicyclic) bond motifs is 3. The molecule has 3 aromatic rings. The molecule has 4 heteroatoms. The second-order valence-corrected chi connectivity index (χ2v) is 7.59. The molecule has 0 unspecified atom stereocenters. The number of ether oxygens (including phenoxy) is 1. The van der Waals surface area contributed by atoms with E-state index in [1.807, 2.05) is 48.5 Å². The van der Waals surface area contributed by atoms with Crippen LogP contribution in [0.1, 0.15) is 48.0 Å². The molecule has 142 valence electrons. The van der Waals surface area contributed by atoms with Gasteiger partial charge in [-0.1, -0.05) is 43.5 Å². The average molecular weight is 373 g/mol. The predicted molar refractivity (Wildman–Crippen MR) is 110 cm³/mol. The van der Waals surface area contributed by atoms with E-state index >= 15 is 0 Å². The van der Waals surface area contributed by atoms with E-state index in [1.165, 1.54) is 19.3 Å². The number of ketones is 1. The summed E-state index contributed by atoms with van der Waals surface area (Å²) in [5.41, 5.74) is 4.19. The molecular weight excluding hydrogens is 350 g/mol. The van der Waals surface area contributed by atoms with Gasteiger partial charge in [0.05, 0.1) is 18.2 Å². The minimum Gasteiger partial charge on any atom is -0.497 e. The van der Waals surface area contributed by atoms with Gasteiger partial charge >= 0.3 is 0 Å². The van der Waals surface area contributed by atoms with Gasteiger partial charge in [0.15, 0.2) is 5.78 Å². The molecule has 0 atom stereocenters. The van der Waals surface area contributed by atoms with Gasteiger partial charge in [-0.3, -0.25) is 4.79 Å². The Morgan fingerprint density at radius 3 is 2.36 bits per heavy atom. The molecule has 1 heterocycles. The molecule has 2 aliphatic carbocycles. The van der Waals surface area contributed by atoms with E-state index in [4.69, 9.17) is 9.15 Å². The fraction of sp³-hybridized carbons (Fsp3) is 0.292. The molecule has 0 radical (unpaired) electrons. The van der Waals surface area contributed by atoms with Crippen molar-refractivity contribution in [3.8, 4) is 28.2 Å². The number of furan rings is 1. The van der Waals surface area contributed by atoms with Crippen molar-refractivity contribution in [2.45, 2.75) is 38.1 Å². The Morgan fingerprint density at radius 2 is 1.64 bits per heavy atom. The van der Waals surface area contributed by atoms with Crippen molar-refractivity contribution in [3.63, 3.8) is 0 Å². The van der Waals surface area contributed by atoms with Crippen LogP contribution in [0.15, 0.2) is 52.9 Å². The van der Waals surface area contributed by atoms with Crippen molar-refractivity contribution in [2.75, 3.05) is 12.4 Å².